The zero-order chi connectivity index (χ0) is 32.5. The number of carbonyl (C=O) groups is 2. The SMILES string of the molecule is Cc1ccc2c(CC(=O)CC3(C)CC3)cccc2c1Oc1ncccc1-c1ccnc(N[C@H]2CCCN(C(=O)OC(C)(C)C)C2)n1. The number of hydrogen-bond acceptors (Lipinski definition) is 8. The number of Topliss-reactive ketones (excluding diaryl/α,β-unsaturated/α-hetero) is 1. The second-order valence-corrected chi connectivity index (χ2v) is 14.1. The molecular formula is C37H43N5O4. The van der Waals surface area contributed by atoms with Crippen LogP contribution < -0.4 is 10.1 Å². The molecule has 1 N–H and O–H groups in total. The number of nitrogens with zero attached hydrogens (tertiary/aromatic N) is 4. The molecular weight excluding hydrogens is 578 g/mol. The first-order chi connectivity index (χ1) is 22.0. The molecule has 2 aromatic carbocycles. The number of carbonyl (C=O) groups excluding carboxylic acids is 2. The molecule has 0 bridgehead atoms. The zero-order valence-electron chi connectivity index (χ0n) is 27.4. The van der Waals surface area contributed by atoms with Crippen LogP contribution in [-0.4, -0.2) is 56.5 Å². The summed E-state index contributed by atoms with van der Waals surface area (Å²) in [5.41, 5.74) is 3.02. The van der Waals surface area contributed by atoms with Crippen LogP contribution in [0.15, 0.2) is 60.9 Å². The highest BCUT2D eigenvalue weighted by Crippen LogP contribution is 2.48. The molecule has 2 fully saturated rings. The van der Waals surface area contributed by atoms with E-state index in [2.05, 4.69) is 28.3 Å². The smallest absolute Gasteiger partial charge is 0.410 e. The maximum atomic E-state index is 12.9. The largest absolute Gasteiger partial charge is 0.444 e. The number of ketones is 1. The molecule has 0 radical (unpaired) electrons. The van der Waals surface area contributed by atoms with Crippen LogP contribution in [0.2, 0.25) is 0 Å². The lowest BCUT2D eigenvalue weighted by atomic mass is 9.94. The fourth-order valence-corrected chi connectivity index (χ4v) is 6.05. The van der Waals surface area contributed by atoms with Gasteiger partial charge in [0.15, 0.2) is 0 Å². The third-order valence-electron chi connectivity index (χ3n) is 8.72. The summed E-state index contributed by atoms with van der Waals surface area (Å²) in [6, 6.07) is 15.8. The van der Waals surface area contributed by atoms with E-state index in [0.29, 0.717) is 49.2 Å². The molecule has 1 atom stereocenters. The first-order valence-electron chi connectivity index (χ1n) is 16.2. The van der Waals surface area contributed by atoms with Crippen molar-refractivity contribution in [2.45, 2.75) is 84.8 Å². The Labute approximate surface area is 270 Å². The summed E-state index contributed by atoms with van der Waals surface area (Å²) in [5, 5.41) is 5.37. The van der Waals surface area contributed by atoms with E-state index < -0.39 is 5.60 Å². The molecule has 4 aromatic rings. The fourth-order valence-electron chi connectivity index (χ4n) is 6.05. The lowest BCUT2D eigenvalue weighted by Crippen LogP contribution is -2.47. The molecule has 2 aliphatic rings. The maximum Gasteiger partial charge on any atom is 0.410 e. The molecule has 9 nitrogen and oxygen atoms in total. The number of aryl methyl sites for hydroxylation is 1. The first kappa shape index (κ1) is 31.5. The van der Waals surface area contributed by atoms with E-state index >= 15 is 0 Å². The number of amides is 1. The van der Waals surface area contributed by atoms with E-state index in [1.165, 1.54) is 0 Å². The molecule has 1 aliphatic heterocycles. The van der Waals surface area contributed by atoms with Crippen molar-refractivity contribution in [3.63, 3.8) is 0 Å². The van der Waals surface area contributed by atoms with Crippen molar-refractivity contribution < 1.29 is 19.1 Å². The van der Waals surface area contributed by atoms with Gasteiger partial charge in [-0.15, -0.1) is 0 Å². The van der Waals surface area contributed by atoms with Crippen LogP contribution in [0.3, 0.4) is 0 Å². The number of pyridine rings is 1. The zero-order valence-corrected chi connectivity index (χ0v) is 27.4. The van der Waals surface area contributed by atoms with Gasteiger partial charge in [-0.25, -0.2) is 19.7 Å². The van der Waals surface area contributed by atoms with Gasteiger partial charge in [0.1, 0.15) is 17.1 Å². The van der Waals surface area contributed by atoms with E-state index in [9.17, 15) is 9.59 Å². The van der Waals surface area contributed by atoms with Crippen LogP contribution in [0, 0.1) is 12.3 Å². The molecule has 0 unspecified atom stereocenters. The Bertz CT molecular complexity index is 1760. The lowest BCUT2D eigenvalue weighted by molar-refractivity contribution is -0.119. The van der Waals surface area contributed by atoms with Crippen molar-refractivity contribution in [1.29, 1.82) is 0 Å². The molecule has 240 valence electrons. The number of fused-ring (bicyclic) bond motifs is 1. The summed E-state index contributed by atoms with van der Waals surface area (Å²) >= 11 is 0. The van der Waals surface area contributed by atoms with Gasteiger partial charge in [0, 0.05) is 49.8 Å². The number of piperidine rings is 1. The van der Waals surface area contributed by atoms with Crippen LogP contribution in [0.5, 0.6) is 11.6 Å². The molecule has 1 saturated heterocycles. The number of anilines is 1. The second kappa shape index (κ2) is 12.7. The van der Waals surface area contributed by atoms with Gasteiger partial charge in [-0.05, 0) is 93.5 Å². The van der Waals surface area contributed by atoms with E-state index in [1.807, 2.05) is 70.2 Å². The molecule has 2 aromatic heterocycles. The quantitative estimate of drug-likeness (QED) is 0.201. The fraction of sp³-hybridized carbons (Fsp3) is 0.432. The van der Waals surface area contributed by atoms with Crippen molar-refractivity contribution in [2.24, 2.45) is 5.41 Å². The highest BCUT2D eigenvalue weighted by Gasteiger charge is 2.38. The summed E-state index contributed by atoms with van der Waals surface area (Å²) in [6.07, 6.45) is 8.18. The molecule has 3 heterocycles. The highest BCUT2D eigenvalue weighted by atomic mass is 16.6. The minimum Gasteiger partial charge on any atom is -0.444 e. The summed E-state index contributed by atoms with van der Waals surface area (Å²) in [7, 11) is 0. The molecule has 1 aliphatic carbocycles. The number of rotatable bonds is 9. The number of likely N-dealkylation sites (tertiary alicyclic amines) is 1. The monoisotopic (exact) mass is 621 g/mol. The Kier molecular flexibility index (Phi) is 8.68. The Morgan fingerprint density at radius 3 is 2.63 bits per heavy atom. The topological polar surface area (TPSA) is 107 Å². The Hall–Kier alpha value is -4.53. The van der Waals surface area contributed by atoms with E-state index in [-0.39, 0.29) is 23.3 Å². The van der Waals surface area contributed by atoms with Crippen molar-refractivity contribution >= 4 is 28.6 Å². The molecule has 46 heavy (non-hydrogen) atoms. The number of nitrogens with one attached hydrogen (secondary N) is 1. The third-order valence-corrected chi connectivity index (χ3v) is 8.72. The van der Waals surface area contributed by atoms with Gasteiger partial charge in [-0.3, -0.25) is 4.79 Å². The summed E-state index contributed by atoms with van der Waals surface area (Å²) < 4.78 is 12.2. The van der Waals surface area contributed by atoms with Gasteiger partial charge >= 0.3 is 6.09 Å². The van der Waals surface area contributed by atoms with Gasteiger partial charge < -0.3 is 19.7 Å². The van der Waals surface area contributed by atoms with Crippen molar-refractivity contribution in [3.8, 4) is 22.9 Å². The van der Waals surface area contributed by atoms with Crippen LogP contribution in [0.25, 0.3) is 22.0 Å². The minimum atomic E-state index is -0.543. The first-order valence-corrected chi connectivity index (χ1v) is 16.2. The molecule has 1 amide bonds. The Balaban J connectivity index is 1.22. The van der Waals surface area contributed by atoms with Gasteiger partial charge in [0.05, 0.1) is 11.3 Å². The average Bonchev–Trinajstić information content (AvgIpc) is 3.74. The van der Waals surface area contributed by atoms with Crippen molar-refractivity contribution in [2.75, 3.05) is 18.4 Å². The second-order valence-electron chi connectivity index (χ2n) is 14.1. The molecule has 0 spiro atoms. The van der Waals surface area contributed by atoms with Crippen molar-refractivity contribution in [3.05, 3.63) is 72.1 Å². The minimum absolute atomic E-state index is 0.00678. The number of hydrogen-bond donors (Lipinski definition) is 1. The predicted molar refractivity (Wildman–Crippen MR) is 179 cm³/mol. The predicted octanol–water partition coefficient (Wildman–Crippen LogP) is 7.91. The number of ether oxygens (including phenoxy) is 2. The molecule has 1 saturated carbocycles. The van der Waals surface area contributed by atoms with E-state index in [1.54, 1.807) is 17.3 Å². The van der Waals surface area contributed by atoms with Gasteiger partial charge in [-0.2, -0.15) is 0 Å². The summed E-state index contributed by atoms with van der Waals surface area (Å²) in [5.74, 6) is 1.89. The van der Waals surface area contributed by atoms with Crippen LogP contribution in [0.4, 0.5) is 10.7 Å². The normalized spacial score (nSPS) is 17.4. The van der Waals surface area contributed by atoms with Gasteiger partial charge in [0.2, 0.25) is 11.8 Å². The maximum absolute atomic E-state index is 12.9. The average molecular weight is 622 g/mol. The Morgan fingerprint density at radius 1 is 1.02 bits per heavy atom. The highest BCUT2D eigenvalue weighted by molar-refractivity contribution is 5.95. The number of aromatic nitrogens is 3. The number of benzene rings is 2. The van der Waals surface area contributed by atoms with E-state index in [0.717, 1.165) is 53.1 Å². The van der Waals surface area contributed by atoms with Crippen molar-refractivity contribution in [1.82, 2.24) is 19.9 Å². The molecule has 9 heteroatoms. The van der Waals surface area contributed by atoms with E-state index in [4.69, 9.17) is 14.5 Å². The third kappa shape index (κ3) is 7.46. The lowest BCUT2D eigenvalue weighted by Gasteiger charge is -2.34. The summed E-state index contributed by atoms with van der Waals surface area (Å²) in [6.45, 7) is 11.0. The standard InChI is InChI=1S/C37H43N5O4/c1-24-13-14-28-25(21-27(43)22-37(5)16-17-37)9-6-11-29(28)32(24)45-33-30(12-7-18-38-33)31-15-19-39-34(41-31)40-26-10-8-20-42(23-26)35(44)46-36(2,3)4/h6-7,9,11-15,18-19,26H,8,10,16-17,20-23H2,1-5H3,(H,39,40,41)/t26-/m0/s1. The summed E-state index contributed by atoms with van der Waals surface area (Å²) in [4.78, 5) is 41.2. The Morgan fingerprint density at radius 2 is 1.85 bits per heavy atom. The van der Waals surface area contributed by atoms with Crippen LogP contribution >= 0.6 is 0 Å². The van der Waals surface area contributed by atoms with Crippen LogP contribution in [-0.2, 0) is 16.0 Å². The molecule has 6 rings (SSSR count). The van der Waals surface area contributed by atoms with Gasteiger partial charge in [-0.1, -0.05) is 37.3 Å². The van der Waals surface area contributed by atoms with Gasteiger partial charge in [0.25, 0.3) is 0 Å². The van der Waals surface area contributed by atoms with Crippen LogP contribution in [0.1, 0.15) is 70.9 Å².